The summed E-state index contributed by atoms with van der Waals surface area (Å²) in [7, 11) is -3.89. The van der Waals surface area contributed by atoms with E-state index in [-0.39, 0.29) is 23.1 Å². The van der Waals surface area contributed by atoms with Gasteiger partial charge in [-0.1, -0.05) is 36.7 Å². The molecule has 2 aromatic rings. The lowest BCUT2D eigenvalue weighted by molar-refractivity contribution is -0.135. The van der Waals surface area contributed by atoms with E-state index in [2.05, 4.69) is 6.92 Å². The number of carbonyl (C=O) groups excluding carboxylic acids is 2. The Morgan fingerprint density at radius 2 is 1.88 bits per heavy atom. The lowest BCUT2D eigenvalue weighted by Gasteiger charge is -2.36. The average Bonchev–Trinajstić information content (AvgIpc) is 3.10. The first-order valence-corrected chi connectivity index (χ1v) is 13.1. The van der Waals surface area contributed by atoms with Gasteiger partial charge in [-0.2, -0.15) is 0 Å². The van der Waals surface area contributed by atoms with Gasteiger partial charge in [0, 0.05) is 23.8 Å². The second-order valence-corrected chi connectivity index (χ2v) is 10.9. The second kappa shape index (κ2) is 9.44. The Hall–Kier alpha value is -2.42. The van der Waals surface area contributed by atoms with Gasteiger partial charge in [-0.05, 0) is 67.0 Å². The molecule has 2 amide bonds. The molecule has 0 bridgehead atoms. The quantitative estimate of drug-likeness (QED) is 0.673. The standard InChI is InChI=1S/C24H28ClN3O4S/c1-16-10-12-27(13-11-16)24(30)22(8-6-17-4-2-3-5-20(17)25)28-21-9-7-19(33(26,31)32)14-18(21)15-23(28)29/h2-5,7,9,14,16,22H,6,8,10-13,15H2,1H3,(H2,26,31,32). The van der Waals surface area contributed by atoms with Crippen LogP contribution in [0.5, 0.6) is 0 Å². The van der Waals surface area contributed by atoms with Crippen LogP contribution in [-0.4, -0.2) is 44.3 Å². The molecule has 0 radical (unpaired) electrons. The molecule has 2 aliphatic heterocycles. The molecule has 0 aromatic heterocycles. The summed E-state index contributed by atoms with van der Waals surface area (Å²) in [5.74, 6) is 0.270. The van der Waals surface area contributed by atoms with Gasteiger partial charge >= 0.3 is 0 Å². The summed E-state index contributed by atoms with van der Waals surface area (Å²) in [6, 6.07) is 11.2. The summed E-state index contributed by atoms with van der Waals surface area (Å²) in [6.45, 7) is 3.52. The molecular formula is C24H28ClN3O4S. The highest BCUT2D eigenvalue weighted by atomic mass is 35.5. The van der Waals surface area contributed by atoms with Gasteiger partial charge in [-0.3, -0.25) is 14.5 Å². The number of rotatable bonds is 6. The van der Waals surface area contributed by atoms with E-state index in [4.69, 9.17) is 16.7 Å². The lowest BCUT2D eigenvalue weighted by Crippen LogP contribution is -2.52. The van der Waals surface area contributed by atoms with Crippen LogP contribution in [0.15, 0.2) is 47.4 Å². The van der Waals surface area contributed by atoms with E-state index in [0.717, 1.165) is 18.4 Å². The van der Waals surface area contributed by atoms with Crippen LogP contribution in [0.2, 0.25) is 5.02 Å². The number of halogens is 1. The summed E-state index contributed by atoms with van der Waals surface area (Å²) in [5, 5.41) is 5.89. The van der Waals surface area contributed by atoms with Crippen molar-refractivity contribution in [1.82, 2.24) is 4.90 Å². The number of hydrogen-bond acceptors (Lipinski definition) is 4. The molecule has 7 nitrogen and oxygen atoms in total. The van der Waals surface area contributed by atoms with Gasteiger partial charge in [0.15, 0.2) is 0 Å². The number of fused-ring (bicyclic) bond motifs is 1. The molecule has 0 spiro atoms. The minimum Gasteiger partial charge on any atom is -0.341 e. The largest absolute Gasteiger partial charge is 0.341 e. The van der Waals surface area contributed by atoms with Crippen LogP contribution >= 0.6 is 11.6 Å². The molecule has 1 fully saturated rings. The second-order valence-electron chi connectivity index (χ2n) is 8.93. The monoisotopic (exact) mass is 489 g/mol. The topological polar surface area (TPSA) is 101 Å². The Kier molecular flexibility index (Phi) is 6.79. The Labute approximate surface area is 199 Å². The van der Waals surface area contributed by atoms with Gasteiger partial charge in [0.05, 0.1) is 11.3 Å². The van der Waals surface area contributed by atoms with E-state index in [0.29, 0.717) is 48.1 Å². The van der Waals surface area contributed by atoms with Gasteiger partial charge in [0.2, 0.25) is 21.8 Å². The minimum atomic E-state index is -3.89. The molecule has 1 unspecified atom stereocenters. The molecule has 176 valence electrons. The number of aryl methyl sites for hydroxylation is 1. The number of amides is 2. The van der Waals surface area contributed by atoms with E-state index in [1.165, 1.54) is 12.1 Å². The zero-order valence-electron chi connectivity index (χ0n) is 18.5. The molecule has 33 heavy (non-hydrogen) atoms. The number of benzene rings is 2. The fourth-order valence-corrected chi connectivity index (χ4v) is 5.43. The Morgan fingerprint density at radius 1 is 1.18 bits per heavy atom. The van der Waals surface area contributed by atoms with E-state index in [1.54, 1.807) is 11.0 Å². The highest BCUT2D eigenvalue weighted by Crippen LogP contribution is 2.34. The molecule has 0 saturated carbocycles. The summed E-state index contributed by atoms with van der Waals surface area (Å²) >= 11 is 6.34. The molecule has 2 aromatic carbocycles. The Balaban J connectivity index is 1.66. The molecule has 2 N–H and O–H groups in total. The first kappa shape index (κ1) is 23.7. The van der Waals surface area contributed by atoms with Crippen molar-refractivity contribution < 1.29 is 18.0 Å². The average molecular weight is 490 g/mol. The Morgan fingerprint density at radius 3 is 2.55 bits per heavy atom. The number of likely N-dealkylation sites (tertiary alicyclic amines) is 1. The maximum atomic E-state index is 13.7. The number of carbonyl (C=O) groups is 2. The van der Waals surface area contributed by atoms with Crippen molar-refractivity contribution in [2.75, 3.05) is 18.0 Å². The van der Waals surface area contributed by atoms with Crippen LogP contribution in [0.4, 0.5) is 5.69 Å². The van der Waals surface area contributed by atoms with Crippen molar-refractivity contribution in [3.63, 3.8) is 0 Å². The maximum Gasteiger partial charge on any atom is 0.245 e. The number of nitrogens with two attached hydrogens (primary N) is 1. The number of nitrogens with zero attached hydrogens (tertiary/aromatic N) is 2. The molecule has 0 aliphatic carbocycles. The van der Waals surface area contributed by atoms with Crippen molar-refractivity contribution in [3.05, 3.63) is 58.6 Å². The van der Waals surface area contributed by atoms with Crippen LogP contribution in [-0.2, 0) is 32.5 Å². The number of anilines is 1. The zero-order chi connectivity index (χ0) is 23.8. The molecule has 2 aliphatic rings. The van der Waals surface area contributed by atoms with Gasteiger partial charge in [0.1, 0.15) is 6.04 Å². The van der Waals surface area contributed by atoms with Gasteiger partial charge in [0.25, 0.3) is 0 Å². The SMILES string of the molecule is CC1CCN(C(=O)C(CCc2ccccc2Cl)N2C(=O)Cc3cc(S(N)(=O)=O)ccc32)CC1. The molecule has 4 rings (SSSR count). The van der Waals surface area contributed by atoms with Crippen LogP contribution in [0.25, 0.3) is 0 Å². The summed E-state index contributed by atoms with van der Waals surface area (Å²) in [4.78, 5) is 30.1. The number of primary sulfonamides is 1. The van der Waals surface area contributed by atoms with E-state index in [9.17, 15) is 18.0 Å². The smallest absolute Gasteiger partial charge is 0.245 e. The summed E-state index contributed by atoms with van der Waals surface area (Å²) in [6.07, 6.45) is 2.85. The summed E-state index contributed by atoms with van der Waals surface area (Å²) < 4.78 is 23.5. The minimum absolute atomic E-state index is 0.0333. The van der Waals surface area contributed by atoms with E-state index >= 15 is 0 Å². The zero-order valence-corrected chi connectivity index (χ0v) is 20.1. The van der Waals surface area contributed by atoms with Crippen molar-refractivity contribution in [2.24, 2.45) is 11.1 Å². The highest BCUT2D eigenvalue weighted by Gasteiger charge is 2.39. The van der Waals surface area contributed by atoms with Gasteiger partial charge in [-0.15, -0.1) is 0 Å². The third kappa shape index (κ3) is 5.08. The van der Waals surface area contributed by atoms with E-state index < -0.39 is 16.1 Å². The molecule has 1 saturated heterocycles. The lowest BCUT2D eigenvalue weighted by atomic mass is 9.97. The molecule has 2 heterocycles. The van der Waals surface area contributed by atoms with Crippen molar-refractivity contribution in [2.45, 2.75) is 50.0 Å². The third-order valence-electron chi connectivity index (χ3n) is 6.59. The number of piperidine rings is 1. The molecule has 9 heteroatoms. The maximum absolute atomic E-state index is 13.7. The fraction of sp³-hybridized carbons (Fsp3) is 0.417. The van der Waals surface area contributed by atoms with Crippen molar-refractivity contribution >= 4 is 39.1 Å². The third-order valence-corrected chi connectivity index (χ3v) is 7.87. The summed E-state index contributed by atoms with van der Waals surface area (Å²) in [5.41, 5.74) is 2.05. The normalized spacial score (nSPS) is 17.8. The van der Waals surface area contributed by atoms with Crippen LogP contribution in [0.3, 0.4) is 0 Å². The Bertz CT molecular complexity index is 1180. The fourth-order valence-electron chi connectivity index (χ4n) is 4.64. The number of hydrogen-bond donors (Lipinski definition) is 1. The first-order chi connectivity index (χ1) is 15.6. The molecular weight excluding hydrogens is 462 g/mol. The van der Waals surface area contributed by atoms with Crippen molar-refractivity contribution in [1.29, 1.82) is 0 Å². The number of sulfonamides is 1. The van der Waals surface area contributed by atoms with Gasteiger partial charge < -0.3 is 4.90 Å². The van der Waals surface area contributed by atoms with Crippen LogP contribution in [0.1, 0.15) is 37.3 Å². The predicted molar refractivity (Wildman–Crippen MR) is 128 cm³/mol. The molecule has 1 atom stereocenters. The van der Waals surface area contributed by atoms with Crippen LogP contribution < -0.4 is 10.0 Å². The van der Waals surface area contributed by atoms with E-state index in [1.807, 2.05) is 29.2 Å². The predicted octanol–water partition coefficient (Wildman–Crippen LogP) is 3.14. The van der Waals surface area contributed by atoms with Crippen molar-refractivity contribution in [3.8, 4) is 0 Å². The van der Waals surface area contributed by atoms with Gasteiger partial charge in [-0.25, -0.2) is 13.6 Å². The first-order valence-electron chi connectivity index (χ1n) is 11.1. The highest BCUT2D eigenvalue weighted by molar-refractivity contribution is 7.89. The van der Waals surface area contributed by atoms with Crippen LogP contribution in [0, 0.1) is 5.92 Å².